The van der Waals surface area contributed by atoms with E-state index >= 15 is 0 Å². The van der Waals surface area contributed by atoms with Crippen LogP contribution in [0.25, 0.3) is 10.9 Å². The maximum absolute atomic E-state index is 12.2. The summed E-state index contributed by atoms with van der Waals surface area (Å²) in [5.74, 6) is -0.315. The zero-order valence-electron chi connectivity index (χ0n) is 12.1. The zero-order chi connectivity index (χ0) is 14.8. The van der Waals surface area contributed by atoms with Gasteiger partial charge < -0.3 is 9.72 Å². The highest BCUT2D eigenvalue weighted by Gasteiger charge is 2.16. The van der Waals surface area contributed by atoms with Crippen molar-refractivity contribution in [1.82, 2.24) is 4.98 Å². The molecule has 0 fully saturated rings. The molecule has 0 saturated heterocycles. The standard InChI is InChI=1S/C18H17NO2/c1-12-8-9-16-15(10-12)13(2)17(19-16)18(20)21-11-14-6-4-3-5-7-14/h3-10,19H,11H2,1-2H3. The van der Waals surface area contributed by atoms with Crippen LogP contribution in [0.15, 0.2) is 48.5 Å². The van der Waals surface area contributed by atoms with Gasteiger partial charge in [0.1, 0.15) is 12.3 Å². The molecule has 21 heavy (non-hydrogen) atoms. The van der Waals surface area contributed by atoms with Crippen LogP contribution in [-0.4, -0.2) is 11.0 Å². The Morgan fingerprint density at radius 3 is 2.62 bits per heavy atom. The SMILES string of the molecule is Cc1ccc2[nH]c(C(=O)OCc3ccccc3)c(C)c2c1. The van der Waals surface area contributed by atoms with Gasteiger partial charge in [0, 0.05) is 10.9 Å². The molecule has 0 atom stereocenters. The van der Waals surface area contributed by atoms with Crippen LogP contribution in [0.4, 0.5) is 0 Å². The number of hydrogen-bond acceptors (Lipinski definition) is 2. The van der Waals surface area contributed by atoms with E-state index in [4.69, 9.17) is 4.74 Å². The molecule has 0 radical (unpaired) electrons. The van der Waals surface area contributed by atoms with Crippen molar-refractivity contribution < 1.29 is 9.53 Å². The largest absolute Gasteiger partial charge is 0.456 e. The normalized spacial score (nSPS) is 10.8. The van der Waals surface area contributed by atoms with E-state index in [1.54, 1.807) is 0 Å². The molecule has 0 unspecified atom stereocenters. The van der Waals surface area contributed by atoms with E-state index in [2.05, 4.69) is 11.1 Å². The van der Waals surface area contributed by atoms with E-state index in [9.17, 15) is 4.79 Å². The third kappa shape index (κ3) is 2.68. The molecule has 0 saturated carbocycles. The molecule has 1 heterocycles. The fourth-order valence-electron chi connectivity index (χ4n) is 2.44. The van der Waals surface area contributed by atoms with Crippen molar-refractivity contribution in [2.24, 2.45) is 0 Å². The molecule has 1 N–H and O–H groups in total. The fourth-order valence-corrected chi connectivity index (χ4v) is 2.44. The molecule has 0 bridgehead atoms. The van der Waals surface area contributed by atoms with Crippen LogP contribution in [0.2, 0.25) is 0 Å². The maximum atomic E-state index is 12.2. The van der Waals surface area contributed by atoms with Gasteiger partial charge in [-0.25, -0.2) is 4.79 Å². The first-order valence-electron chi connectivity index (χ1n) is 6.95. The van der Waals surface area contributed by atoms with Crippen LogP contribution < -0.4 is 0 Å². The number of aromatic nitrogens is 1. The molecule has 106 valence electrons. The minimum atomic E-state index is -0.315. The van der Waals surface area contributed by atoms with Crippen molar-refractivity contribution >= 4 is 16.9 Å². The summed E-state index contributed by atoms with van der Waals surface area (Å²) < 4.78 is 5.38. The first kappa shape index (κ1) is 13.4. The molecule has 3 aromatic rings. The molecule has 3 rings (SSSR count). The highest BCUT2D eigenvalue weighted by molar-refractivity contribution is 5.98. The second-order valence-corrected chi connectivity index (χ2v) is 5.24. The fraction of sp³-hybridized carbons (Fsp3) is 0.167. The van der Waals surface area contributed by atoms with Crippen LogP contribution >= 0.6 is 0 Å². The molecular weight excluding hydrogens is 262 g/mol. The molecule has 3 nitrogen and oxygen atoms in total. The van der Waals surface area contributed by atoms with Crippen LogP contribution in [-0.2, 0) is 11.3 Å². The summed E-state index contributed by atoms with van der Waals surface area (Å²) in [7, 11) is 0. The number of benzene rings is 2. The van der Waals surface area contributed by atoms with E-state index in [1.807, 2.05) is 56.3 Å². The lowest BCUT2D eigenvalue weighted by atomic mass is 10.1. The van der Waals surface area contributed by atoms with Crippen molar-refractivity contribution in [3.8, 4) is 0 Å². The van der Waals surface area contributed by atoms with Gasteiger partial charge >= 0.3 is 5.97 Å². The Balaban J connectivity index is 1.83. The quantitative estimate of drug-likeness (QED) is 0.732. The Kier molecular flexibility index (Phi) is 3.48. The van der Waals surface area contributed by atoms with Gasteiger partial charge in [-0.2, -0.15) is 0 Å². The van der Waals surface area contributed by atoms with Crippen molar-refractivity contribution in [3.63, 3.8) is 0 Å². The minimum Gasteiger partial charge on any atom is -0.456 e. The number of hydrogen-bond donors (Lipinski definition) is 1. The molecule has 1 aromatic heterocycles. The smallest absolute Gasteiger partial charge is 0.355 e. The lowest BCUT2D eigenvalue weighted by Gasteiger charge is -2.04. The van der Waals surface area contributed by atoms with Crippen molar-refractivity contribution in [2.75, 3.05) is 0 Å². The average Bonchev–Trinajstić information content (AvgIpc) is 2.83. The number of carbonyl (C=O) groups is 1. The lowest BCUT2D eigenvalue weighted by molar-refractivity contribution is 0.0466. The first-order valence-corrected chi connectivity index (χ1v) is 6.95. The summed E-state index contributed by atoms with van der Waals surface area (Å²) >= 11 is 0. The average molecular weight is 279 g/mol. The van der Waals surface area contributed by atoms with Gasteiger partial charge in [0.05, 0.1) is 0 Å². The van der Waals surface area contributed by atoms with Gasteiger partial charge in [0.2, 0.25) is 0 Å². The van der Waals surface area contributed by atoms with E-state index in [-0.39, 0.29) is 12.6 Å². The van der Waals surface area contributed by atoms with Gasteiger partial charge in [-0.1, -0.05) is 42.0 Å². The molecular formula is C18H17NO2. The maximum Gasteiger partial charge on any atom is 0.355 e. The van der Waals surface area contributed by atoms with Crippen molar-refractivity contribution in [2.45, 2.75) is 20.5 Å². The summed E-state index contributed by atoms with van der Waals surface area (Å²) in [5.41, 5.74) is 4.59. The Labute approximate surface area is 123 Å². The number of rotatable bonds is 3. The summed E-state index contributed by atoms with van der Waals surface area (Å²) in [6.07, 6.45) is 0. The van der Waals surface area contributed by atoms with Gasteiger partial charge in [-0.05, 0) is 37.1 Å². The molecule has 0 aliphatic heterocycles. The predicted octanol–water partition coefficient (Wildman–Crippen LogP) is 4.14. The Morgan fingerprint density at radius 2 is 1.86 bits per heavy atom. The number of H-pyrrole nitrogens is 1. The number of ether oxygens (including phenoxy) is 1. The minimum absolute atomic E-state index is 0.285. The number of esters is 1. The van der Waals surface area contributed by atoms with Crippen LogP contribution in [0.1, 0.15) is 27.2 Å². The summed E-state index contributed by atoms with van der Waals surface area (Å²) in [6.45, 7) is 4.27. The number of nitrogens with one attached hydrogen (secondary N) is 1. The molecule has 0 amide bonds. The van der Waals surface area contributed by atoms with Gasteiger partial charge in [-0.3, -0.25) is 0 Å². The van der Waals surface area contributed by atoms with Gasteiger partial charge in [0.15, 0.2) is 0 Å². The lowest BCUT2D eigenvalue weighted by Crippen LogP contribution is -2.07. The van der Waals surface area contributed by atoms with E-state index < -0.39 is 0 Å². The second kappa shape index (κ2) is 5.44. The predicted molar refractivity (Wildman–Crippen MR) is 83.3 cm³/mol. The van der Waals surface area contributed by atoms with Crippen molar-refractivity contribution in [3.05, 3.63) is 70.9 Å². The van der Waals surface area contributed by atoms with Crippen LogP contribution in [0.5, 0.6) is 0 Å². The third-order valence-corrected chi connectivity index (χ3v) is 3.63. The number of carbonyl (C=O) groups excluding carboxylic acids is 1. The molecule has 3 heteroatoms. The van der Waals surface area contributed by atoms with Crippen LogP contribution in [0.3, 0.4) is 0 Å². The topological polar surface area (TPSA) is 42.1 Å². The monoisotopic (exact) mass is 279 g/mol. The summed E-state index contributed by atoms with van der Waals surface area (Å²) in [4.78, 5) is 15.4. The summed E-state index contributed by atoms with van der Waals surface area (Å²) in [6, 6.07) is 15.8. The molecule has 0 spiro atoms. The third-order valence-electron chi connectivity index (χ3n) is 3.63. The molecule has 0 aliphatic rings. The van der Waals surface area contributed by atoms with Gasteiger partial charge in [-0.15, -0.1) is 0 Å². The molecule has 2 aromatic carbocycles. The first-order chi connectivity index (χ1) is 10.1. The Morgan fingerprint density at radius 1 is 1.10 bits per heavy atom. The highest BCUT2D eigenvalue weighted by atomic mass is 16.5. The Hall–Kier alpha value is -2.55. The molecule has 0 aliphatic carbocycles. The van der Waals surface area contributed by atoms with Gasteiger partial charge in [0.25, 0.3) is 0 Å². The van der Waals surface area contributed by atoms with Crippen molar-refractivity contribution in [1.29, 1.82) is 0 Å². The number of aromatic amines is 1. The van der Waals surface area contributed by atoms with E-state index in [1.165, 1.54) is 5.56 Å². The second-order valence-electron chi connectivity index (χ2n) is 5.24. The van der Waals surface area contributed by atoms with E-state index in [0.29, 0.717) is 5.69 Å². The number of aryl methyl sites for hydroxylation is 2. The van der Waals surface area contributed by atoms with Crippen LogP contribution in [0, 0.1) is 13.8 Å². The number of fused-ring (bicyclic) bond motifs is 1. The summed E-state index contributed by atoms with van der Waals surface area (Å²) in [5, 5.41) is 1.07. The Bertz CT molecular complexity index is 788. The highest BCUT2D eigenvalue weighted by Crippen LogP contribution is 2.23. The zero-order valence-corrected chi connectivity index (χ0v) is 12.1. The van der Waals surface area contributed by atoms with E-state index in [0.717, 1.165) is 22.0 Å².